The van der Waals surface area contributed by atoms with E-state index in [0.29, 0.717) is 19.3 Å². The molecule has 0 N–H and O–H groups in total. The predicted octanol–water partition coefficient (Wildman–Crippen LogP) is 2.82. The van der Waals surface area contributed by atoms with Crippen LogP contribution in [0.25, 0.3) is 0 Å². The number of ether oxygens (including phenoxy) is 2. The van der Waals surface area contributed by atoms with Crippen molar-refractivity contribution in [1.29, 1.82) is 0 Å². The molecule has 1 aromatic rings. The Bertz CT molecular complexity index is 782. The smallest absolute Gasteiger partial charge is 0.313 e. The van der Waals surface area contributed by atoms with Gasteiger partial charge in [-0.3, -0.25) is 14.4 Å². The molecular weight excluding hydrogens is 336 g/mol. The van der Waals surface area contributed by atoms with Gasteiger partial charge in [0.15, 0.2) is 0 Å². The number of ketones is 1. The summed E-state index contributed by atoms with van der Waals surface area (Å²) in [5.41, 5.74) is -0.728. The summed E-state index contributed by atoms with van der Waals surface area (Å²) in [6, 6.07) is 1.82. The van der Waals surface area contributed by atoms with Crippen molar-refractivity contribution in [3.05, 3.63) is 24.2 Å². The normalized spacial score (nSPS) is 44.6. The quantitative estimate of drug-likeness (QED) is 0.718. The second-order valence-corrected chi connectivity index (χ2v) is 8.41. The van der Waals surface area contributed by atoms with Crippen LogP contribution in [-0.4, -0.2) is 24.3 Å². The van der Waals surface area contributed by atoms with Gasteiger partial charge in [0.1, 0.15) is 18.5 Å². The number of carbonyl (C=O) groups excluding carboxylic acids is 3. The van der Waals surface area contributed by atoms with E-state index in [4.69, 9.17) is 13.9 Å². The van der Waals surface area contributed by atoms with E-state index in [1.807, 2.05) is 13.0 Å². The van der Waals surface area contributed by atoms with Crippen molar-refractivity contribution in [2.45, 2.75) is 45.1 Å². The van der Waals surface area contributed by atoms with Crippen LogP contribution in [0.5, 0.6) is 0 Å². The summed E-state index contributed by atoms with van der Waals surface area (Å²) in [5.74, 6) is -1.11. The third kappa shape index (κ3) is 1.75. The Morgan fingerprint density at radius 2 is 2.00 bits per heavy atom. The Hall–Kier alpha value is -2.11. The van der Waals surface area contributed by atoms with Gasteiger partial charge in [0, 0.05) is 18.4 Å². The zero-order valence-electron chi connectivity index (χ0n) is 14.7. The van der Waals surface area contributed by atoms with Gasteiger partial charge in [-0.2, -0.15) is 0 Å². The summed E-state index contributed by atoms with van der Waals surface area (Å²) in [7, 11) is 0. The van der Waals surface area contributed by atoms with Gasteiger partial charge in [-0.25, -0.2) is 0 Å². The van der Waals surface area contributed by atoms with Crippen LogP contribution < -0.4 is 0 Å². The van der Waals surface area contributed by atoms with Crippen LogP contribution in [0.15, 0.2) is 23.0 Å². The molecule has 2 saturated heterocycles. The van der Waals surface area contributed by atoms with Crippen molar-refractivity contribution in [1.82, 2.24) is 0 Å². The highest BCUT2D eigenvalue weighted by Gasteiger charge is 2.73. The highest BCUT2D eigenvalue weighted by atomic mass is 16.6. The number of esters is 2. The summed E-state index contributed by atoms with van der Waals surface area (Å²) in [5, 5.41) is 0. The number of cyclic esters (lactones) is 2. The van der Waals surface area contributed by atoms with Crippen molar-refractivity contribution in [2.24, 2.45) is 28.6 Å². The Morgan fingerprint density at radius 3 is 2.77 bits per heavy atom. The first-order valence-corrected chi connectivity index (χ1v) is 9.43. The van der Waals surface area contributed by atoms with Crippen molar-refractivity contribution < 1.29 is 28.3 Å². The minimum atomic E-state index is -0.841. The molecule has 2 aliphatic carbocycles. The molecule has 2 aliphatic heterocycles. The maximum absolute atomic E-state index is 13.2. The maximum atomic E-state index is 13.2. The molecule has 138 valence electrons. The standard InChI is InChI=1S/C20H22O6/c1-11-7-16(21)20-10-25-17(22)13(20)3-2-4-15(20)19(11)8-14(26-18(19)23)12-5-6-24-9-12/h5-6,9,11,13-15H,2-4,7-8,10H2,1H3. The molecule has 0 radical (unpaired) electrons. The van der Waals surface area contributed by atoms with Crippen LogP contribution >= 0.6 is 0 Å². The van der Waals surface area contributed by atoms with Gasteiger partial charge in [0.2, 0.25) is 0 Å². The predicted molar refractivity (Wildman–Crippen MR) is 87.6 cm³/mol. The molecule has 4 aliphatic rings. The summed E-state index contributed by atoms with van der Waals surface area (Å²) in [4.78, 5) is 38.7. The Labute approximate surface area is 151 Å². The van der Waals surface area contributed by atoms with Crippen LogP contribution in [0, 0.1) is 28.6 Å². The number of furan rings is 1. The summed E-state index contributed by atoms with van der Waals surface area (Å²) in [6.45, 7) is 2.10. The first-order valence-electron chi connectivity index (χ1n) is 9.43. The molecule has 6 atom stereocenters. The van der Waals surface area contributed by atoms with Gasteiger partial charge >= 0.3 is 11.9 Å². The Kier molecular flexibility index (Phi) is 3.22. The van der Waals surface area contributed by atoms with Crippen LogP contribution in [0.1, 0.15) is 50.7 Å². The molecule has 6 nitrogen and oxygen atoms in total. The molecule has 2 spiro atoms. The molecular formula is C20H22O6. The van der Waals surface area contributed by atoms with Crippen LogP contribution in [0.3, 0.4) is 0 Å². The van der Waals surface area contributed by atoms with E-state index in [9.17, 15) is 14.4 Å². The molecule has 4 fully saturated rings. The first-order chi connectivity index (χ1) is 12.5. The number of fused-ring (bicyclic) bond motifs is 1. The van der Waals surface area contributed by atoms with Crippen LogP contribution in [-0.2, 0) is 23.9 Å². The highest BCUT2D eigenvalue weighted by Crippen LogP contribution is 2.67. The van der Waals surface area contributed by atoms with Crippen molar-refractivity contribution >= 4 is 17.7 Å². The van der Waals surface area contributed by atoms with Crippen molar-refractivity contribution in [3.8, 4) is 0 Å². The van der Waals surface area contributed by atoms with Crippen molar-refractivity contribution in [2.75, 3.05) is 6.61 Å². The molecule has 0 amide bonds. The zero-order chi connectivity index (χ0) is 18.1. The van der Waals surface area contributed by atoms with Gasteiger partial charge in [0.05, 0.1) is 29.3 Å². The summed E-state index contributed by atoms with van der Waals surface area (Å²) < 4.78 is 16.3. The molecule has 6 unspecified atom stereocenters. The number of hydrogen-bond acceptors (Lipinski definition) is 6. The third-order valence-electron chi connectivity index (χ3n) is 7.55. The molecule has 5 rings (SSSR count). The fourth-order valence-corrected chi connectivity index (χ4v) is 6.29. The van der Waals surface area contributed by atoms with Gasteiger partial charge in [-0.1, -0.05) is 13.3 Å². The Balaban J connectivity index is 1.61. The average Bonchev–Trinajstić information content (AvgIpc) is 3.33. The molecule has 6 heteroatoms. The lowest BCUT2D eigenvalue weighted by Gasteiger charge is -2.54. The fraction of sp³-hybridized carbons (Fsp3) is 0.650. The van der Waals surface area contributed by atoms with E-state index in [1.165, 1.54) is 0 Å². The molecule has 26 heavy (non-hydrogen) atoms. The number of Topliss-reactive ketones (excluding diaryl/α,β-unsaturated/α-hetero) is 1. The van der Waals surface area contributed by atoms with E-state index >= 15 is 0 Å². The number of rotatable bonds is 1. The van der Waals surface area contributed by atoms with Gasteiger partial charge in [0.25, 0.3) is 0 Å². The molecule has 0 aromatic carbocycles. The number of carbonyl (C=O) groups is 3. The van der Waals surface area contributed by atoms with Gasteiger partial charge < -0.3 is 13.9 Å². The average molecular weight is 358 g/mol. The topological polar surface area (TPSA) is 82.8 Å². The van der Waals surface area contributed by atoms with Crippen LogP contribution in [0.2, 0.25) is 0 Å². The fourth-order valence-electron chi connectivity index (χ4n) is 6.29. The number of hydrogen-bond donors (Lipinski definition) is 0. The Morgan fingerprint density at radius 1 is 1.15 bits per heavy atom. The van der Waals surface area contributed by atoms with E-state index in [-0.39, 0.29) is 42.3 Å². The van der Waals surface area contributed by atoms with Crippen LogP contribution in [0.4, 0.5) is 0 Å². The van der Waals surface area contributed by atoms with E-state index in [0.717, 1.165) is 18.4 Å². The highest BCUT2D eigenvalue weighted by molar-refractivity contribution is 5.96. The van der Waals surface area contributed by atoms with Crippen molar-refractivity contribution in [3.63, 3.8) is 0 Å². The summed E-state index contributed by atoms with van der Waals surface area (Å²) in [6.07, 6.45) is 5.93. The molecule has 2 saturated carbocycles. The second-order valence-electron chi connectivity index (χ2n) is 8.41. The minimum absolute atomic E-state index is 0.0933. The lowest BCUT2D eigenvalue weighted by Crippen LogP contribution is -2.61. The molecule has 0 bridgehead atoms. The third-order valence-corrected chi connectivity index (χ3v) is 7.55. The molecule has 3 heterocycles. The first kappa shape index (κ1) is 16.1. The SMILES string of the molecule is CC1CC(=O)C23COC(=O)C2CCCC3C12CC(c1ccoc1)OC2=O. The molecule has 1 aromatic heterocycles. The monoisotopic (exact) mass is 358 g/mol. The lowest BCUT2D eigenvalue weighted by molar-refractivity contribution is -0.174. The van der Waals surface area contributed by atoms with E-state index in [1.54, 1.807) is 12.5 Å². The lowest BCUT2D eigenvalue weighted by atomic mass is 9.44. The zero-order valence-corrected chi connectivity index (χ0v) is 14.7. The van der Waals surface area contributed by atoms with Gasteiger partial charge in [-0.05, 0) is 30.7 Å². The van der Waals surface area contributed by atoms with E-state index in [2.05, 4.69) is 0 Å². The van der Waals surface area contributed by atoms with E-state index < -0.39 is 16.7 Å². The van der Waals surface area contributed by atoms with Gasteiger partial charge in [-0.15, -0.1) is 0 Å². The maximum Gasteiger partial charge on any atom is 0.313 e. The summed E-state index contributed by atoms with van der Waals surface area (Å²) >= 11 is 0. The largest absolute Gasteiger partial charge is 0.472 e. The minimum Gasteiger partial charge on any atom is -0.472 e. The second kappa shape index (κ2) is 5.21.